The lowest BCUT2D eigenvalue weighted by Gasteiger charge is -2.05. The van der Waals surface area contributed by atoms with Crippen LogP contribution in [0, 0.1) is 6.92 Å². The van der Waals surface area contributed by atoms with Gasteiger partial charge in [0.25, 0.3) is 11.1 Å². The molecule has 3 aromatic heterocycles. The van der Waals surface area contributed by atoms with Crippen molar-refractivity contribution in [2.45, 2.75) is 31.2 Å². The molecule has 0 radical (unpaired) electrons. The maximum Gasteiger partial charge on any atom is 0.336 e. The minimum Gasteiger partial charge on any atom is -0.469 e. The van der Waals surface area contributed by atoms with Gasteiger partial charge >= 0.3 is 5.63 Å². The van der Waals surface area contributed by atoms with E-state index >= 15 is 0 Å². The predicted octanol–water partition coefficient (Wildman–Crippen LogP) is 4.60. The summed E-state index contributed by atoms with van der Waals surface area (Å²) in [6, 6.07) is 9.25. The van der Waals surface area contributed by atoms with Crippen LogP contribution in [0.15, 0.2) is 59.9 Å². The van der Waals surface area contributed by atoms with Crippen LogP contribution in [0.3, 0.4) is 0 Å². The lowest BCUT2D eigenvalue weighted by atomic mass is 10.1. The molecule has 4 aromatic rings. The van der Waals surface area contributed by atoms with Gasteiger partial charge in [0.05, 0.1) is 11.8 Å². The van der Waals surface area contributed by atoms with Gasteiger partial charge < -0.3 is 13.3 Å². The van der Waals surface area contributed by atoms with Crippen molar-refractivity contribution in [2.75, 3.05) is 0 Å². The Hall–Kier alpha value is -2.80. The van der Waals surface area contributed by atoms with E-state index in [0.717, 1.165) is 34.3 Å². The molecule has 1 aromatic carbocycles. The summed E-state index contributed by atoms with van der Waals surface area (Å²) in [5.41, 5.74) is 3.03. The van der Waals surface area contributed by atoms with Crippen LogP contribution in [0.5, 0.6) is 0 Å². The fraction of sp³-hybridized carbons (Fsp3) is 0.211. The van der Waals surface area contributed by atoms with Crippen molar-refractivity contribution in [1.29, 1.82) is 0 Å². The third-order valence-electron chi connectivity index (χ3n) is 4.15. The Morgan fingerprint density at radius 2 is 2.00 bits per heavy atom. The van der Waals surface area contributed by atoms with E-state index < -0.39 is 0 Å². The first-order chi connectivity index (χ1) is 12.6. The molecule has 7 heteroatoms. The zero-order chi connectivity index (χ0) is 18.1. The lowest BCUT2D eigenvalue weighted by molar-refractivity contribution is 0.463. The Bertz CT molecular complexity index is 1130. The van der Waals surface area contributed by atoms with Gasteiger partial charge in [0.2, 0.25) is 0 Å². The number of thioether (sulfide) groups is 1. The molecule has 0 spiro atoms. The standard InChI is InChI=1S/C19H16N2O4S/c1-3-12-4-5-15-13(9-17(22)24-16(15)8-12)10-26-19-21-20-18(25-19)14-6-7-23-11(14)2/h4-9H,3,10H2,1-2H3. The summed E-state index contributed by atoms with van der Waals surface area (Å²) in [5, 5.41) is 9.47. The minimum absolute atomic E-state index is 0.360. The number of furan rings is 1. The number of rotatable bonds is 5. The van der Waals surface area contributed by atoms with Gasteiger partial charge in [-0.15, -0.1) is 10.2 Å². The highest BCUT2D eigenvalue weighted by Gasteiger charge is 2.14. The molecule has 0 aliphatic rings. The smallest absolute Gasteiger partial charge is 0.336 e. The predicted molar refractivity (Wildman–Crippen MR) is 98.2 cm³/mol. The maximum atomic E-state index is 11.9. The first kappa shape index (κ1) is 16.7. The van der Waals surface area contributed by atoms with E-state index in [9.17, 15) is 4.79 Å². The number of hydrogen-bond acceptors (Lipinski definition) is 7. The van der Waals surface area contributed by atoms with Gasteiger partial charge in [-0.25, -0.2) is 4.79 Å². The molecule has 0 unspecified atom stereocenters. The highest BCUT2D eigenvalue weighted by Crippen LogP contribution is 2.29. The second kappa shape index (κ2) is 6.84. The second-order valence-electron chi connectivity index (χ2n) is 5.83. The van der Waals surface area contributed by atoms with Gasteiger partial charge in [0.15, 0.2) is 0 Å². The molecule has 0 saturated carbocycles. The molecular formula is C19H16N2O4S. The Morgan fingerprint density at radius 1 is 1.12 bits per heavy atom. The molecule has 132 valence electrons. The maximum absolute atomic E-state index is 11.9. The third kappa shape index (κ3) is 3.17. The molecule has 26 heavy (non-hydrogen) atoms. The molecule has 0 aliphatic heterocycles. The number of fused-ring (bicyclic) bond motifs is 1. The number of aryl methyl sites for hydroxylation is 2. The summed E-state index contributed by atoms with van der Waals surface area (Å²) in [6.45, 7) is 3.90. The van der Waals surface area contributed by atoms with Crippen molar-refractivity contribution < 1.29 is 13.3 Å². The van der Waals surface area contributed by atoms with E-state index in [1.807, 2.05) is 25.1 Å². The molecule has 0 fully saturated rings. The Kier molecular flexibility index (Phi) is 4.38. The fourth-order valence-electron chi connectivity index (χ4n) is 2.74. The zero-order valence-electron chi connectivity index (χ0n) is 14.3. The topological polar surface area (TPSA) is 82.3 Å². The number of benzene rings is 1. The van der Waals surface area contributed by atoms with Gasteiger partial charge in [0.1, 0.15) is 11.3 Å². The SMILES string of the molecule is CCc1ccc2c(CSc3nnc(-c4ccoc4C)o3)cc(=O)oc2c1. The molecule has 0 aliphatic carbocycles. The largest absolute Gasteiger partial charge is 0.469 e. The van der Waals surface area contributed by atoms with E-state index in [-0.39, 0.29) is 5.63 Å². The number of hydrogen-bond donors (Lipinski definition) is 0. The van der Waals surface area contributed by atoms with Crippen LogP contribution in [0.2, 0.25) is 0 Å². The van der Waals surface area contributed by atoms with E-state index in [1.54, 1.807) is 12.3 Å². The van der Waals surface area contributed by atoms with Crippen molar-refractivity contribution >= 4 is 22.7 Å². The van der Waals surface area contributed by atoms with E-state index in [4.69, 9.17) is 13.3 Å². The first-order valence-electron chi connectivity index (χ1n) is 8.20. The molecule has 0 atom stereocenters. The Morgan fingerprint density at radius 3 is 2.77 bits per heavy atom. The molecule has 0 bridgehead atoms. The van der Waals surface area contributed by atoms with E-state index in [1.165, 1.54) is 17.8 Å². The van der Waals surface area contributed by atoms with Crippen molar-refractivity contribution in [2.24, 2.45) is 0 Å². The zero-order valence-corrected chi connectivity index (χ0v) is 15.1. The van der Waals surface area contributed by atoms with E-state index in [0.29, 0.717) is 22.4 Å². The summed E-state index contributed by atoms with van der Waals surface area (Å²) < 4.78 is 16.3. The summed E-state index contributed by atoms with van der Waals surface area (Å²) >= 11 is 1.38. The van der Waals surface area contributed by atoms with Crippen molar-refractivity contribution in [3.63, 3.8) is 0 Å². The number of aromatic nitrogens is 2. The van der Waals surface area contributed by atoms with Gasteiger partial charge in [-0.2, -0.15) is 0 Å². The molecule has 6 nitrogen and oxygen atoms in total. The van der Waals surface area contributed by atoms with Gasteiger partial charge in [-0.3, -0.25) is 0 Å². The van der Waals surface area contributed by atoms with Gasteiger partial charge in [0, 0.05) is 17.2 Å². The van der Waals surface area contributed by atoms with Gasteiger partial charge in [-0.1, -0.05) is 30.8 Å². The van der Waals surface area contributed by atoms with Crippen LogP contribution in [0.4, 0.5) is 0 Å². The number of nitrogens with zero attached hydrogens (tertiary/aromatic N) is 2. The summed E-state index contributed by atoms with van der Waals surface area (Å²) in [5.74, 6) is 1.67. The second-order valence-corrected chi connectivity index (χ2v) is 6.75. The molecule has 4 rings (SSSR count). The third-order valence-corrected chi connectivity index (χ3v) is 5.02. The molecule has 3 heterocycles. The molecule has 0 N–H and O–H groups in total. The summed E-state index contributed by atoms with van der Waals surface area (Å²) in [7, 11) is 0. The quantitative estimate of drug-likeness (QED) is 0.376. The van der Waals surface area contributed by atoms with Crippen LogP contribution in [0.1, 0.15) is 23.8 Å². The monoisotopic (exact) mass is 368 g/mol. The van der Waals surface area contributed by atoms with Crippen LogP contribution < -0.4 is 5.63 Å². The van der Waals surface area contributed by atoms with Crippen molar-refractivity contribution in [3.8, 4) is 11.5 Å². The molecule has 0 saturated heterocycles. The average molecular weight is 368 g/mol. The summed E-state index contributed by atoms with van der Waals surface area (Å²) in [6.07, 6.45) is 2.47. The summed E-state index contributed by atoms with van der Waals surface area (Å²) in [4.78, 5) is 11.9. The van der Waals surface area contributed by atoms with Crippen molar-refractivity contribution in [3.05, 3.63) is 63.9 Å². The van der Waals surface area contributed by atoms with Gasteiger partial charge in [-0.05, 0) is 36.6 Å². The minimum atomic E-state index is -0.360. The lowest BCUT2D eigenvalue weighted by Crippen LogP contribution is -2.00. The van der Waals surface area contributed by atoms with E-state index in [2.05, 4.69) is 17.1 Å². The van der Waals surface area contributed by atoms with Crippen molar-refractivity contribution in [1.82, 2.24) is 10.2 Å². The van der Waals surface area contributed by atoms with Crippen LogP contribution in [-0.4, -0.2) is 10.2 Å². The first-order valence-corrected chi connectivity index (χ1v) is 9.19. The Balaban J connectivity index is 1.59. The molecule has 0 amide bonds. The fourth-order valence-corrected chi connectivity index (χ4v) is 3.49. The van der Waals surface area contributed by atoms with Crippen LogP contribution in [0.25, 0.3) is 22.4 Å². The highest BCUT2D eigenvalue weighted by molar-refractivity contribution is 7.98. The van der Waals surface area contributed by atoms with Crippen LogP contribution >= 0.6 is 11.8 Å². The highest BCUT2D eigenvalue weighted by atomic mass is 32.2. The average Bonchev–Trinajstić information content (AvgIpc) is 3.27. The Labute approximate surface area is 153 Å². The normalized spacial score (nSPS) is 11.3. The van der Waals surface area contributed by atoms with Crippen LogP contribution in [-0.2, 0) is 12.2 Å². The molecular weight excluding hydrogens is 352 g/mol.